The fourth-order valence-electron chi connectivity index (χ4n) is 2.91. The minimum absolute atomic E-state index is 0.112. The zero-order valence-electron chi connectivity index (χ0n) is 14.8. The molecule has 1 saturated heterocycles. The van der Waals surface area contributed by atoms with E-state index >= 15 is 0 Å². The molecule has 0 N–H and O–H groups in total. The quantitative estimate of drug-likeness (QED) is 0.818. The molecule has 0 radical (unpaired) electrons. The summed E-state index contributed by atoms with van der Waals surface area (Å²) in [5.41, 5.74) is -0.771. The second kappa shape index (κ2) is 7.85. The SMILES string of the molecule is CC(Oc1ccccc1)C(=O)N1CCN(c2ccc(C(F)(F)F)cn2)CC1. The molecule has 2 heterocycles. The third kappa shape index (κ3) is 4.69. The van der Waals surface area contributed by atoms with Crippen molar-refractivity contribution >= 4 is 11.7 Å². The molecule has 3 rings (SSSR count). The number of benzene rings is 1. The number of nitrogens with zero attached hydrogens (tertiary/aromatic N) is 3. The van der Waals surface area contributed by atoms with Gasteiger partial charge in [-0.25, -0.2) is 4.98 Å². The summed E-state index contributed by atoms with van der Waals surface area (Å²) in [7, 11) is 0. The first-order valence-corrected chi connectivity index (χ1v) is 8.63. The maximum Gasteiger partial charge on any atom is 0.417 e. The average Bonchev–Trinajstić information content (AvgIpc) is 2.68. The molecule has 1 aromatic heterocycles. The van der Waals surface area contributed by atoms with Crippen LogP contribution in [0.15, 0.2) is 48.7 Å². The van der Waals surface area contributed by atoms with Gasteiger partial charge in [-0.1, -0.05) is 18.2 Å². The van der Waals surface area contributed by atoms with E-state index in [2.05, 4.69) is 4.98 Å². The van der Waals surface area contributed by atoms with Crippen molar-refractivity contribution < 1.29 is 22.7 Å². The topological polar surface area (TPSA) is 45.7 Å². The zero-order valence-corrected chi connectivity index (χ0v) is 14.8. The Morgan fingerprint density at radius 3 is 2.30 bits per heavy atom. The Bertz CT molecular complexity index is 758. The summed E-state index contributed by atoms with van der Waals surface area (Å²) < 4.78 is 43.5. The number of carbonyl (C=O) groups is 1. The molecule has 1 aliphatic rings. The molecule has 0 saturated carbocycles. The number of alkyl halides is 3. The largest absolute Gasteiger partial charge is 0.481 e. The van der Waals surface area contributed by atoms with Gasteiger partial charge < -0.3 is 14.5 Å². The van der Waals surface area contributed by atoms with E-state index in [9.17, 15) is 18.0 Å². The molecule has 0 spiro atoms. The van der Waals surface area contributed by atoms with Crippen LogP contribution in [0.1, 0.15) is 12.5 Å². The number of hydrogen-bond donors (Lipinski definition) is 0. The van der Waals surface area contributed by atoms with Crippen molar-refractivity contribution in [1.82, 2.24) is 9.88 Å². The molecule has 1 amide bonds. The summed E-state index contributed by atoms with van der Waals surface area (Å²) in [6, 6.07) is 11.5. The van der Waals surface area contributed by atoms with Crippen LogP contribution in [0, 0.1) is 0 Å². The van der Waals surface area contributed by atoms with Gasteiger partial charge in [0.25, 0.3) is 5.91 Å². The maximum absolute atomic E-state index is 12.6. The summed E-state index contributed by atoms with van der Waals surface area (Å²) in [5.74, 6) is 0.994. The Balaban J connectivity index is 1.54. The van der Waals surface area contributed by atoms with Crippen LogP contribution in [-0.4, -0.2) is 48.1 Å². The minimum Gasteiger partial charge on any atom is -0.481 e. The number of pyridine rings is 1. The highest BCUT2D eigenvalue weighted by molar-refractivity contribution is 5.81. The van der Waals surface area contributed by atoms with Crippen molar-refractivity contribution in [3.8, 4) is 5.75 Å². The van der Waals surface area contributed by atoms with Crippen LogP contribution in [0.4, 0.5) is 19.0 Å². The van der Waals surface area contributed by atoms with Crippen molar-refractivity contribution in [1.29, 1.82) is 0 Å². The number of halogens is 3. The zero-order chi connectivity index (χ0) is 19.4. The molecule has 5 nitrogen and oxygen atoms in total. The number of rotatable bonds is 4. The molecule has 0 aliphatic carbocycles. The summed E-state index contributed by atoms with van der Waals surface area (Å²) in [5, 5.41) is 0. The molecule has 1 aliphatic heterocycles. The Morgan fingerprint density at radius 2 is 1.74 bits per heavy atom. The van der Waals surface area contributed by atoms with Crippen LogP contribution >= 0.6 is 0 Å². The Kier molecular flexibility index (Phi) is 5.53. The minimum atomic E-state index is -4.40. The van der Waals surface area contributed by atoms with Crippen LogP contribution in [0.2, 0.25) is 0 Å². The van der Waals surface area contributed by atoms with Gasteiger partial charge >= 0.3 is 6.18 Å². The molecular formula is C19H20F3N3O2. The molecule has 2 aromatic rings. The van der Waals surface area contributed by atoms with Gasteiger partial charge in [0.1, 0.15) is 11.6 Å². The Hall–Kier alpha value is -2.77. The normalized spacial score (nSPS) is 16.1. The number of anilines is 1. The highest BCUT2D eigenvalue weighted by atomic mass is 19.4. The van der Waals surface area contributed by atoms with Crippen LogP contribution in [0.25, 0.3) is 0 Å². The lowest BCUT2D eigenvalue weighted by atomic mass is 10.2. The highest BCUT2D eigenvalue weighted by Gasteiger charge is 2.31. The standard InChI is InChI=1S/C19H20F3N3O2/c1-14(27-16-5-3-2-4-6-16)18(26)25-11-9-24(10-12-25)17-8-7-15(13-23-17)19(20,21)22/h2-8,13-14H,9-12H2,1H3. The predicted molar refractivity (Wildman–Crippen MR) is 94.6 cm³/mol. The fourth-order valence-corrected chi connectivity index (χ4v) is 2.91. The summed E-state index contributed by atoms with van der Waals surface area (Å²) in [4.78, 5) is 20.0. The van der Waals surface area contributed by atoms with E-state index < -0.39 is 17.8 Å². The highest BCUT2D eigenvalue weighted by Crippen LogP contribution is 2.29. The van der Waals surface area contributed by atoms with Gasteiger partial charge in [-0.3, -0.25) is 4.79 Å². The van der Waals surface area contributed by atoms with Crippen LogP contribution in [-0.2, 0) is 11.0 Å². The molecule has 8 heteroatoms. The lowest BCUT2D eigenvalue weighted by Crippen LogP contribution is -2.52. The fraction of sp³-hybridized carbons (Fsp3) is 0.368. The molecule has 1 aromatic carbocycles. The van der Waals surface area contributed by atoms with Gasteiger partial charge in [-0.05, 0) is 31.2 Å². The number of aromatic nitrogens is 1. The van der Waals surface area contributed by atoms with E-state index in [1.165, 1.54) is 6.07 Å². The number of para-hydroxylation sites is 1. The number of ether oxygens (including phenoxy) is 1. The second-order valence-corrected chi connectivity index (χ2v) is 6.29. The monoisotopic (exact) mass is 379 g/mol. The molecule has 1 unspecified atom stereocenters. The van der Waals surface area contributed by atoms with Gasteiger partial charge in [0.05, 0.1) is 5.56 Å². The number of carbonyl (C=O) groups excluding carboxylic acids is 1. The van der Waals surface area contributed by atoms with Gasteiger partial charge in [-0.2, -0.15) is 13.2 Å². The molecular weight excluding hydrogens is 359 g/mol. The summed E-state index contributed by atoms with van der Waals surface area (Å²) in [6.45, 7) is 3.64. The predicted octanol–water partition coefficient (Wildman–Crippen LogP) is 3.22. The number of amides is 1. The van der Waals surface area contributed by atoms with E-state index in [1.807, 2.05) is 23.1 Å². The Morgan fingerprint density at radius 1 is 1.07 bits per heavy atom. The molecule has 1 fully saturated rings. The van der Waals surface area contributed by atoms with Crippen molar-refractivity contribution in [2.75, 3.05) is 31.1 Å². The lowest BCUT2D eigenvalue weighted by molar-refractivity contribution is -0.138. The van der Waals surface area contributed by atoms with Gasteiger partial charge in [0.15, 0.2) is 6.10 Å². The first kappa shape index (κ1) is 19.0. The van der Waals surface area contributed by atoms with Crippen molar-refractivity contribution in [2.24, 2.45) is 0 Å². The summed E-state index contributed by atoms with van der Waals surface area (Å²) in [6.07, 6.45) is -4.17. The van der Waals surface area contributed by atoms with Gasteiger partial charge in [0, 0.05) is 32.4 Å². The lowest BCUT2D eigenvalue weighted by Gasteiger charge is -2.36. The second-order valence-electron chi connectivity index (χ2n) is 6.29. The van der Waals surface area contributed by atoms with E-state index in [4.69, 9.17) is 4.74 Å². The van der Waals surface area contributed by atoms with E-state index in [0.29, 0.717) is 37.7 Å². The third-order valence-electron chi connectivity index (χ3n) is 4.39. The molecule has 27 heavy (non-hydrogen) atoms. The van der Waals surface area contributed by atoms with Crippen LogP contribution < -0.4 is 9.64 Å². The van der Waals surface area contributed by atoms with Crippen molar-refractivity contribution in [3.05, 3.63) is 54.2 Å². The third-order valence-corrected chi connectivity index (χ3v) is 4.39. The first-order chi connectivity index (χ1) is 12.8. The number of piperazine rings is 1. The Labute approximate surface area is 155 Å². The number of hydrogen-bond acceptors (Lipinski definition) is 4. The van der Waals surface area contributed by atoms with Crippen LogP contribution in [0.5, 0.6) is 5.75 Å². The maximum atomic E-state index is 12.6. The average molecular weight is 379 g/mol. The first-order valence-electron chi connectivity index (χ1n) is 8.63. The smallest absolute Gasteiger partial charge is 0.417 e. The van der Waals surface area contributed by atoms with E-state index in [1.54, 1.807) is 24.0 Å². The van der Waals surface area contributed by atoms with Gasteiger partial charge in [-0.15, -0.1) is 0 Å². The van der Waals surface area contributed by atoms with E-state index in [0.717, 1.165) is 12.3 Å². The molecule has 0 bridgehead atoms. The van der Waals surface area contributed by atoms with Gasteiger partial charge in [0.2, 0.25) is 0 Å². The summed E-state index contributed by atoms with van der Waals surface area (Å²) >= 11 is 0. The molecule has 1 atom stereocenters. The van der Waals surface area contributed by atoms with E-state index in [-0.39, 0.29) is 5.91 Å². The van der Waals surface area contributed by atoms with Crippen molar-refractivity contribution in [3.63, 3.8) is 0 Å². The van der Waals surface area contributed by atoms with Crippen LogP contribution in [0.3, 0.4) is 0 Å². The van der Waals surface area contributed by atoms with Crippen molar-refractivity contribution in [2.45, 2.75) is 19.2 Å². The molecule has 144 valence electrons.